The molecule has 0 bridgehead atoms. The van der Waals surface area contributed by atoms with Crippen molar-refractivity contribution in [3.05, 3.63) is 29.6 Å². The number of aliphatic imine (C=N–C) groups is 1. The van der Waals surface area contributed by atoms with Crippen LogP contribution >= 0.6 is 0 Å². The average molecular weight is 507 g/mol. The molecule has 0 radical (unpaired) electrons. The number of piperidine rings is 1. The number of aromatic amines is 1. The highest BCUT2D eigenvalue weighted by molar-refractivity contribution is 6.52. The van der Waals surface area contributed by atoms with E-state index in [4.69, 9.17) is 14.2 Å². The van der Waals surface area contributed by atoms with Crippen molar-refractivity contribution in [2.45, 2.75) is 18.9 Å². The third kappa shape index (κ3) is 2.77. The minimum absolute atomic E-state index is 0.0411. The standard InChI is InChI=1S/C26H25N3O8/c1-25(17(32)10-30)23(33)18-20(28-25)14(31)7-16-26(18)8-12(26)9-29(16)24(34)13-5-11-6-15(35-2)21(36-3)22(37-4)19(11)27-13/h5-7,12,18,27,30H,8-10H2,1-4H3/t12-,18?,25?,26?/m1/s1. The molecule has 2 aromatic rings. The van der Waals surface area contributed by atoms with E-state index in [1.807, 2.05) is 0 Å². The highest BCUT2D eigenvalue weighted by Crippen LogP contribution is 2.71. The number of aliphatic hydroxyl groups excluding tert-OH is 1. The molecule has 1 spiro atoms. The average Bonchev–Trinajstić information content (AvgIpc) is 3.15. The van der Waals surface area contributed by atoms with Crippen molar-refractivity contribution < 1.29 is 38.5 Å². The van der Waals surface area contributed by atoms with Crippen LogP contribution in [-0.2, 0) is 14.4 Å². The van der Waals surface area contributed by atoms with E-state index >= 15 is 0 Å². The summed E-state index contributed by atoms with van der Waals surface area (Å²) in [7, 11) is 4.48. The van der Waals surface area contributed by atoms with E-state index in [2.05, 4.69) is 9.98 Å². The number of nitrogens with zero attached hydrogens (tertiary/aromatic N) is 2. The van der Waals surface area contributed by atoms with Crippen LogP contribution in [-0.4, -0.2) is 84.0 Å². The molecular formula is C26H25N3O8. The van der Waals surface area contributed by atoms with Crippen LogP contribution in [0.5, 0.6) is 17.2 Å². The number of aromatic nitrogens is 1. The first kappa shape index (κ1) is 23.4. The summed E-state index contributed by atoms with van der Waals surface area (Å²) >= 11 is 0. The van der Waals surface area contributed by atoms with E-state index in [9.17, 15) is 24.3 Å². The van der Waals surface area contributed by atoms with Crippen LogP contribution in [0.1, 0.15) is 23.8 Å². The van der Waals surface area contributed by atoms with Gasteiger partial charge in [0.25, 0.3) is 5.91 Å². The minimum Gasteiger partial charge on any atom is -0.493 e. The topological polar surface area (TPSA) is 148 Å². The number of hydrogen-bond donors (Lipinski definition) is 2. The van der Waals surface area contributed by atoms with Crippen molar-refractivity contribution >= 4 is 39.9 Å². The first-order valence-corrected chi connectivity index (χ1v) is 11.8. The summed E-state index contributed by atoms with van der Waals surface area (Å²) in [6.07, 6.45) is 1.99. The monoisotopic (exact) mass is 507 g/mol. The van der Waals surface area contributed by atoms with E-state index in [0.29, 0.717) is 46.8 Å². The Kier molecular flexibility index (Phi) is 4.75. The maximum atomic E-state index is 13.7. The highest BCUT2D eigenvalue weighted by atomic mass is 16.5. The minimum atomic E-state index is -1.79. The summed E-state index contributed by atoms with van der Waals surface area (Å²) in [5.74, 6) is -1.83. The van der Waals surface area contributed by atoms with Crippen molar-refractivity contribution in [2.24, 2.45) is 22.2 Å². The van der Waals surface area contributed by atoms with Gasteiger partial charge in [-0.1, -0.05) is 0 Å². The molecule has 4 atom stereocenters. The summed E-state index contributed by atoms with van der Waals surface area (Å²) in [5.41, 5.74) is -1.20. The Morgan fingerprint density at radius 2 is 1.89 bits per heavy atom. The number of H-pyrrole nitrogens is 1. The van der Waals surface area contributed by atoms with Crippen LogP contribution < -0.4 is 14.2 Å². The molecule has 1 aromatic carbocycles. The Balaban J connectivity index is 1.39. The summed E-state index contributed by atoms with van der Waals surface area (Å²) in [6.45, 7) is 0.831. The first-order valence-electron chi connectivity index (χ1n) is 11.8. The van der Waals surface area contributed by atoms with Gasteiger partial charge in [-0.05, 0) is 31.4 Å². The number of rotatable bonds is 6. The zero-order valence-electron chi connectivity index (χ0n) is 20.7. The summed E-state index contributed by atoms with van der Waals surface area (Å²) < 4.78 is 16.4. The number of carbonyl (C=O) groups is 4. The Morgan fingerprint density at radius 1 is 1.16 bits per heavy atom. The Labute approximate surface area is 211 Å². The van der Waals surface area contributed by atoms with Crippen molar-refractivity contribution in [1.82, 2.24) is 9.88 Å². The van der Waals surface area contributed by atoms with Gasteiger partial charge in [-0.25, -0.2) is 0 Å². The first-order chi connectivity index (χ1) is 17.7. The Morgan fingerprint density at radius 3 is 2.54 bits per heavy atom. The molecule has 2 fully saturated rings. The van der Waals surface area contributed by atoms with E-state index in [1.54, 1.807) is 12.1 Å². The fraction of sp³-hybridized carbons (Fsp3) is 0.423. The number of allylic oxidation sites excluding steroid dienone is 2. The summed E-state index contributed by atoms with van der Waals surface area (Å²) in [4.78, 5) is 61.5. The van der Waals surface area contributed by atoms with Crippen molar-refractivity contribution in [3.63, 3.8) is 0 Å². The number of likely N-dealkylation sites (tertiary alicyclic amines) is 1. The molecule has 2 N–H and O–H groups in total. The van der Waals surface area contributed by atoms with Crippen LogP contribution in [0.3, 0.4) is 0 Å². The third-order valence-electron chi connectivity index (χ3n) is 8.30. The zero-order chi connectivity index (χ0) is 26.4. The molecular weight excluding hydrogens is 482 g/mol. The predicted octanol–water partition coefficient (Wildman–Crippen LogP) is 1.08. The molecule has 3 unspecified atom stereocenters. The number of benzene rings is 1. The van der Waals surface area contributed by atoms with Crippen LogP contribution in [0, 0.1) is 17.3 Å². The van der Waals surface area contributed by atoms with Crippen LogP contribution in [0.25, 0.3) is 10.9 Å². The largest absolute Gasteiger partial charge is 0.493 e. The number of amides is 1. The summed E-state index contributed by atoms with van der Waals surface area (Å²) in [6, 6.07) is 3.41. The zero-order valence-corrected chi connectivity index (χ0v) is 20.7. The smallest absolute Gasteiger partial charge is 0.274 e. The molecule has 11 heteroatoms. The lowest BCUT2D eigenvalue weighted by Crippen LogP contribution is -2.47. The van der Waals surface area contributed by atoms with Gasteiger partial charge in [0.1, 0.15) is 12.3 Å². The van der Waals surface area contributed by atoms with Gasteiger partial charge >= 0.3 is 0 Å². The second-order valence-corrected chi connectivity index (χ2v) is 9.99. The second kappa shape index (κ2) is 7.51. The van der Waals surface area contributed by atoms with Crippen LogP contribution in [0.4, 0.5) is 0 Å². The lowest BCUT2D eigenvalue weighted by molar-refractivity contribution is -0.136. The second-order valence-electron chi connectivity index (χ2n) is 9.99. The normalized spacial score (nSPS) is 29.4. The maximum Gasteiger partial charge on any atom is 0.274 e. The molecule has 192 valence electrons. The molecule has 2 aliphatic carbocycles. The fourth-order valence-corrected chi connectivity index (χ4v) is 6.36. The predicted molar refractivity (Wildman–Crippen MR) is 129 cm³/mol. The number of hydrogen-bond acceptors (Lipinski definition) is 9. The lowest BCUT2D eigenvalue weighted by Gasteiger charge is -2.31. The van der Waals surface area contributed by atoms with Gasteiger partial charge in [0, 0.05) is 29.1 Å². The van der Waals surface area contributed by atoms with Gasteiger partial charge in [0.05, 0.1) is 38.5 Å². The number of methoxy groups -OCH3 is 3. The highest BCUT2D eigenvalue weighted by Gasteiger charge is 2.75. The number of fused-ring (bicyclic) bond motifs is 2. The molecule has 1 aromatic heterocycles. The van der Waals surface area contributed by atoms with Gasteiger partial charge in [0.2, 0.25) is 11.5 Å². The lowest BCUT2D eigenvalue weighted by atomic mass is 9.72. The number of nitrogens with one attached hydrogen (secondary N) is 1. The van der Waals surface area contributed by atoms with Gasteiger partial charge in [-0.15, -0.1) is 0 Å². The molecule has 3 heterocycles. The Hall–Kier alpha value is -3.99. The van der Waals surface area contributed by atoms with Crippen molar-refractivity contribution in [2.75, 3.05) is 34.5 Å². The molecule has 6 rings (SSSR count). The maximum absolute atomic E-state index is 13.7. The van der Waals surface area contributed by atoms with Gasteiger partial charge < -0.3 is 29.2 Å². The molecule has 4 aliphatic rings. The Bertz CT molecular complexity index is 1500. The number of Topliss-reactive ketones (excluding diaryl/α,β-unsaturated/α-hetero) is 2. The van der Waals surface area contributed by atoms with Gasteiger partial charge in [-0.3, -0.25) is 24.2 Å². The summed E-state index contributed by atoms with van der Waals surface area (Å²) in [5, 5.41) is 10.1. The number of ketones is 3. The van der Waals surface area contributed by atoms with Gasteiger partial charge in [-0.2, -0.15) is 0 Å². The molecule has 1 amide bonds. The molecule has 1 saturated heterocycles. The van der Waals surface area contributed by atoms with Crippen molar-refractivity contribution in [3.8, 4) is 17.2 Å². The van der Waals surface area contributed by atoms with E-state index in [-0.39, 0.29) is 23.2 Å². The van der Waals surface area contributed by atoms with Crippen LogP contribution in [0.2, 0.25) is 0 Å². The molecule has 1 saturated carbocycles. The van der Waals surface area contributed by atoms with E-state index < -0.39 is 40.8 Å². The van der Waals surface area contributed by atoms with E-state index in [0.717, 1.165) is 0 Å². The number of aliphatic hydroxyl groups is 1. The fourth-order valence-electron chi connectivity index (χ4n) is 6.36. The number of ether oxygens (including phenoxy) is 3. The SMILES string of the molecule is COc1cc2cc(C(=O)N3C[C@H]4CC45C3=CC(=O)C3=NC(C)(C(=O)CO)C(=O)C35)[nH]c2c(OC)c1OC. The third-order valence-corrected chi connectivity index (χ3v) is 8.30. The van der Waals surface area contributed by atoms with Crippen molar-refractivity contribution in [1.29, 1.82) is 0 Å². The molecule has 2 aliphatic heterocycles. The molecule has 11 nitrogen and oxygen atoms in total. The van der Waals surface area contributed by atoms with Gasteiger partial charge in [0.15, 0.2) is 28.6 Å². The number of carbonyl (C=O) groups excluding carboxylic acids is 4. The van der Waals surface area contributed by atoms with E-state index in [1.165, 1.54) is 39.2 Å². The molecule has 37 heavy (non-hydrogen) atoms. The quantitative estimate of drug-likeness (QED) is 0.552. The van der Waals surface area contributed by atoms with Crippen LogP contribution in [0.15, 0.2) is 28.9 Å².